The van der Waals surface area contributed by atoms with E-state index in [1.807, 2.05) is 36.4 Å². The van der Waals surface area contributed by atoms with Gasteiger partial charge in [-0.15, -0.1) is 23.5 Å². The molecule has 0 unspecified atom stereocenters. The summed E-state index contributed by atoms with van der Waals surface area (Å²) in [6.45, 7) is 3.59. The number of thioether (sulfide) groups is 2. The number of benzene rings is 2. The van der Waals surface area contributed by atoms with Crippen molar-refractivity contribution in [3.8, 4) is 11.5 Å². The van der Waals surface area contributed by atoms with Crippen LogP contribution in [0.3, 0.4) is 0 Å². The van der Waals surface area contributed by atoms with Crippen LogP contribution in [0.4, 0.5) is 0 Å². The first-order valence-electron chi connectivity index (χ1n) is 8.78. The lowest BCUT2D eigenvalue weighted by atomic mass is 10.3. The van der Waals surface area contributed by atoms with Gasteiger partial charge < -0.3 is 18.9 Å². The molecule has 140 valence electrons. The molecule has 2 aromatic carbocycles. The van der Waals surface area contributed by atoms with E-state index in [9.17, 15) is 0 Å². The molecule has 0 atom stereocenters. The van der Waals surface area contributed by atoms with Crippen molar-refractivity contribution in [1.29, 1.82) is 0 Å². The van der Waals surface area contributed by atoms with E-state index in [1.54, 1.807) is 23.5 Å². The van der Waals surface area contributed by atoms with Gasteiger partial charge in [-0.05, 0) is 24.3 Å². The van der Waals surface area contributed by atoms with Gasteiger partial charge in [-0.2, -0.15) is 0 Å². The minimum Gasteiger partial charge on any atom is -0.490 e. The first-order chi connectivity index (χ1) is 12.9. The molecule has 0 N–H and O–H groups in total. The van der Waals surface area contributed by atoms with Crippen LogP contribution in [-0.4, -0.2) is 51.1 Å². The van der Waals surface area contributed by atoms with E-state index in [4.69, 9.17) is 18.9 Å². The fourth-order valence-electron chi connectivity index (χ4n) is 2.42. The molecule has 0 aromatic heterocycles. The number of ether oxygens (including phenoxy) is 4. The second-order valence-corrected chi connectivity index (χ2v) is 7.79. The van der Waals surface area contributed by atoms with Gasteiger partial charge in [0.05, 0.1) is 26.4 Å². The normalized spacial score (nSPS) is 17.5. The summed E-state index contributed by atoms with van der Waals surface area (Å²) in [5, 5.41) is 0. The Bertz CT molecular complexity index is 554. The largest absolute Gasteiger partial charge is 0.490 e. The minimum absolute atomic E-state index is 0.528. The van der Waals surface area contributed by atoms with Gasteiger partial charge in [0.25, 0.3) is 0 Å². The molecule has 2 aromatic rings. The van der Waals surface area contributed by atoms with E-state index >= 15 is 0 Å². The summed E-state index contributed by atoms with van der Waals surface area (Å²) in [6.07, 6.45) is 0. The van der Waals surface area contributed by atoms with E-state index in [0.717, 1.165) is 46.0 Å². The molecule has 0 bridgehead atoms. The van der Waals surface area contributed by atoms with Gasteiger partial charge in [0, 0.05) is 21.3 Å². The van der Waals surface area contributed by atoms with Gasteiger partial charge in [0.15, 0.2) is 0 Å². The van der Waals surface area contributed by atoms with Crippen molar-refractivity contribution in [2.75, 3.05) is 51.1 Å². The van der Waals surface area contributed by atoms with Crippen molar-refractivity contribution in [3.05, 3.63) is 48.5 Å². The van der Waals surface area contributed by atoms with Gasteiger partial charge in [0.1, 0.15) is 24.7 Å². The molecule has 0 fully saturated rings. The maximum absolute atomic E-state index is 5.86. The van der Waals surface area contributed by atoms with Crippen molar-refractivity contribution in [3.63, 3.8) is 0 Å². The highest BCUT2D eigenvalue weighted by Gasteiger charge is 2.06. The second-order valence-electron chi connectivity index (χ2n) is 5.51. The average Bonchev–Trinajstić information content (AvgIpc) is 2.68. The van der Waals surface area contributed by atoms with E-state index < -0.39 is 0 Å². The molecule has 0 saturated heterocycles. The van der Waals surface area contributed by atoms with E-state index in [2.05, 4.69) is 12.1 Å². The smallest absolute Gasteiger partial charge is 0.132 e. The van der Waals surface area contributed by atoms with Crippen LogP contribution < -0.4 is 9.47 Å². The van der Waals surface area contributed by atoms with Crippen LogP contribution in [0, 0.1) is 0 Å². The Balaban J connectivity index is 1.56. The summed E-state index contributed by atoms with van der Waals surface area (Å²) in [7, 11) is 0. The number of para-hydroxylation sites is 2. The highest BCUT2D eigenvalue weighted by Crippen LogP contribution is 2.30. The van der Waals surface area contributed by atoms with Crippen molar-refractivity contribution in [1.82, 2.24) is 0 Å². The molecular formula is C20H24O4S2. The molecule has 4 nitrogen and oxygen atoms in total. The van der Waals surface area contributed by atoms with Gasteiger partial charge >= 0.3 is 0 Å². The molecular weight excluding hydrogens is 368 g/mol. The van der Waals surface area contributed by atoms with Gasteiger partial charge in [-0.3, -0.25) is 0 Å². The average molecular weight is 393 g/mol. The third kappa shape index (κ3) is 6.43. The maximum Gasteiger partial charge on any atom is 0.132 e. The lowest BCUT2D eigenvalue weighted by Gasteiger charge is -2.14. The van der Waals surface area contributed by atoms with E-state index in [0.29, 0.717) is 26.4 Å². The van der Waals surface area contributed by atoms with Crippen molar-refractivity contribution >= 4 is 23.5 Å². The van der Waals surface area contributed by atoms with Crippen molar-refractivity contribution < 1.29 is 18.9 Å². The molecule has 3 rings (SSSR count). The van der Waals surface area contributed by atoms with Crippen LogP contribution in [0.15, 0.2) is 58.3 Å². The molecule has 0 saturated carbocycles. The molecule has 0 aliphatic carbocycles. The Labute approximate surface area is 163 Å². The highest BCUT2D eigenvalue weighted by atomic mass is 32.2. The van der Waals surface area contributed by atoms with Gasteiger partial charge in [-0.1, -0.05) is 24.3 Å². The molecule has 1 aliphatic heterocycles. The van der Waals surface area contributed by atoms with Gasteiger partial charge in [-0.25, -0.2) is 0 Å². The Kier molecular flexibility index (Phi) is 8.51. The van der Waals surface area contributed by atoms with Crippen molar-refractivity contribution in [2.45, 2.75) is 9.79 Å². The zero-order valence-electron chi connectivity index (χ0n) is 14.7. The van der Waals surface area contributed by atoms with Crippen LogP contribution in [0.5, 0.6) is 11.5 Å². The lowest BCUT2D eigenvalue weighted by molar-refractivity contribution is 0.0751. The Morgan fingerprint density at radius 1 is 0.538 bits per heavy atom. The number of hydrogen-bond donors (Lipinski definition) is 0. The molecule has 0 spiro atoms. The third-order valence-electron chi connectivity index (χ3n) is 3.64. The number of fused-ring (bicyclic) bond motifs is 2. The molecule has 1 heterocycles. The summed E-state index contributed by atoms with van der Waals surface area (Å²) >= 11 is 3.52. The highest BCUT2D eigenvalue weighted by molar-refractivity contribution is 7.99. The van der Waals surface area contributed by atoms with Crippen LogP contribution in [0.2, 0.25) is 0 Å². The zero-order valence-corrected chi connectivity index (χ0v) is 16.4. The van der Waals surface area contributed by atoms with Gasteiger partial charge in [0.2, 0.25) is 0 Å². The van der Waals surface area contributed by atoms with E-state index in [-0.39, 0.29) is 0 Å². The van der Waals surface area contributed by atoms with Crippen LogP contribution >= 0.6 is 23.5 Å². The maximum atomic E-state index is 5.86. The Morgan fingerprint density at radius 2 is 1.00 bits per heavy atom. The molecule has 6 heteroatoms. The van der Waals surface area contributed by atoms with Crippen LogP contribution in [0.1, 0.15) is 0 Å². The standard InChI is InChI=1S/C20H24O4S2/c1-3-7-19-17(5-1)23-11-9-21-10-12-24-18-6-2-4-8-20(18)26-16-14-22-13-15-25-19/h1-8H,9-16H2. The second kappa shape index (κ2) is 11.4. The van der Waals surface area contributed by atoms with E-state index in [1.165, 1.54) is 0 Å². The van der Waals surface area contributed by atoms with Crippen molar-refractivity contribution in [2.24, 2.45) is 0 Å². The van der Waals surface area contributed by atoms with Crippen LogP contribution in [0.25, 0.3) is 0 Å². The molecule has 26 heavy (non-hydrogen) atoms. The topological polar surface area (TPSA) is 36.9 Å². The SMILES string of the molecule is c1ccc2c(c1)OCCOCCOc1ccccc1SCCOCCS2. The summed E-state index contributed by atoms with van der Waals surface area (Å²) in [5.74, 6) is 3.62. The zero-order chi connectivity index (χ0) is 17.9. The van der Waals surface area contributed by atoms with Crippen LogP contribution in [-0.2, 0) is 9.47 Å². The lowest BCUT2D eigenvalue weighted by Crippen LogP contribution is -2.12. The predicted octanol–water partition coefficient (Wildman–Crippen LogP) is 4.38. The number of hydrogen-bond acceptors (Lipinski definition) is 6. The summed E-state index contributed by atoms with van der Waals surface area (Å²) < 4.78 is 23.1. The Morgan fingerprint density at radius 3 is 1.54 bits per heavy atom. The number of rotatable bonds is 0. The summed E-state index contributed by atoms with van der Waals surface area (Å²) in [5.41, 5.74) is 0. The molecule has 0 radical (unpaired) electrons. The molecule has 1 aliphatic rings. The summed E-state index contributed by atoms with van der Waals surface area (Å²) in [4.78, 5) is 2.28. The fraction of sp³-hybridized carbons (Fsp3) is 0.400. The first-order valence-corrected chi connectivity index (χ1v) is 10.8. The third-order valence-corrected chi connectivity index (χ3v) is 5.68. The Hall–Kier alpha value is -1.34. The first kappa shape index (κ1) is 19.4. The summed E-state index contributed by atoms with van der Waals surface area (Å²) in [6, 6.07) is 16.2. The molecule has 0 amide bonds. The fourth-order valence-corrected chi connectivity index (χ4v) is 4.15. The quantitative estimate of drug-likeness (QED) is 0.662. The monoisotopic (exact) mass is 392 g/mol. The predicted molar refractivity (Wildman–Crippen MR) is 107 cm³/mol. The minimum atomic E-state index is 0.528.